The number of aryl methyl sites for hydroxylation is 2. The van der Waals surface area contributed by atoms with Crippen molar-refractivity contribution in [2.45, 2.75) is 20.4 Å². The molecule has 0 atom stereocenters. The summed E-state index contributed by atoms with van der Waals surface area (Å²) in [6.07, 6.45) is 0. The zero-order valence-corrected chi connectivity index (χ0v) is 15.6. The maximum Gasteiger partial charge on any atom is 0.270 e. The summed E-state index contributed by atoms with van der Waals surface area (Å²) in [5.41, 5.74) is 2.97. The first-order valence-corrected chi connectivity index (χ1v) is 8.70. The molecule has 0 aliphatic rings. The van der Waals surface area contributed by atoms with Gasteiger partial charge in [-0.15, -0.1) is 0 Å². The Balaban J connectivity index is 1.76. The molecule has 7 heteroatoms. The molecule has 0 bridgehead atoms. The number of carbonyl (C=O) groups excluding carboxylic acids is 1. The third kappa shape index (κ3) is 4.80. The summed E-state index contributed by atoms with van der Waals surface area (Å²) < 4.78 is 13.7. The van der Waals surface area contributed by atoms with E-state index in [2.05, 4.69) is 20.6 Å². The van der Waals surface area contributed by atoms with Crippen molar-refractivity contribution in [2.75, 3.05) is 5.32 Å². The molecule has 0 spiro atoms. The van der Waals surface area contributed by atoms with Crippen molar-refractivity contribution in [3.05, 3.63) is 81.9 Å². The second kappa shape index (κ2) is 8.14. The third-order valence-corrected chi connectivity index (χ3v) is 4.15. The van der Waals surface area contributed by atoms with E-state index in [-0.39, 0.29) is 18.1 Å². The first kappa shape index (κ1) is 18.8. The van der Waals surface area contributed by atoms with E-state index in [9.17, 15) is 9.18 Å². The first-order chi connectivity index (χ1) is 12.9. The Morgan fingerprint density at radius 3 is 2.63 bits per heavy atom. The lowest BCUT2D eigenvalue weighted by molar-refractivity contribution is 0.0945. The molecule has 0 saturated heterocycles. The Bertz CT molecular complexity index is 993. The fourth-order valence-electron chi connectivity index (χ4n) is 2.54. The van der Waals surface area contributed by atoms with Gasteiger partial charge in [0.25, 0.3) is 5.91 Å². The van der Waals surface area contributed by atoms with Gasteiger partial charge in [-0.25, -0.2) is 14.4 Å². The summed E-state index contributed by atoms with van der Waals surface area (Å²) in [7, 11) is 0. The molecule has 138 valence electrons. The molecule has 0 aliphatic carbocycles. The number of hydrogen-bond acceptors (Lipinski definition) is 4. The minimum Gasteiger partial charge on any atom is -0.347 e. The maximum atomic E-state index is 13.7. The average molecular weight is 385 g/mol. The molecule has 0 unspecified atom stereocenters. The molecule has 2 aromatic carbocycles. The Morgan fingerprint density at radius 2 is 1.89 bits per heavy atom. The number of nitrogens with one attached hydrogen (secondary N) is 2. The number of benzene rings is 2. The summed E-state index contributed by atoms with van der Waals surface area (Å²) in [4.78, 5) is 21.0. The molecular weight excluding hydrogens is 367 g/mol. The van der Waals surface area contributed by atoms with Gasteiger partial charge in [0, 0.05) is 28.5 Å². The van der Waals surface area contributed by atoms with Crippen molar-refractivity contribution < 1.29 is 9.18 Å². The molecule has 27 heavy (non-hydrogen) atoms. The van der Waals surface area contributed by atoms with Gasteiger partial charge in [-0.1, -0.05) is 29.8 Å². The second-order valence-electron chi connectivity index (χ2n) is 6.08. The molecular formula is C20H18ClFN4O. The maximum absolute atomic E-state index is 13.7. The largest absolute Gasteiger partial charge is 0.347 e. The zero-order chi connectivity index (χ0) is 19.4. The summed E-state index contributed by atoms with van der Waals surface area (Å²) in [6, 6.07) is 13.3. The van der Waals surface area contributed by atoms with Crippen LogP contribution in [0, 0.1) is 19.7 Å². The van der Waals surface area contributed by atoms with Gasteiger partial charge >= 0.3 is 0 Å². The molecule has 3 rings (SSSR count). The van der Waals surface area contributed by atoms with Crippen LogP contribution >= 0.6 is 11.6 Å². The standard InChI is InChI=1S/C20H18ClFN4O/c1-12-9-15(21)7-8-17(12)25-20-24-13(2)10-18(26-20)19(27)23-11-14-5-3-4-6-16(14)22/h3-10H,11H2,1-2H3,(H,23,27)(H,24,25,26). The predicted molar refractivity (Wildman–Crippen MR) is 104 cm³/mol. The van der Waals surface area contributed by atoms with Gasteiger partial charge in [0.1, 0.15) is 11.5 Å². The van der Waals surface area contributed by atoms with Crippen LogP contribution in [0.4, 0.5) is 16.0 Å². The smallest absolute Gasteiger partial charge is 0.270 e. The minimum absolute atomic E-state index is 0.0770. The first-order valence-electron chi connectivity index (χ1n) is 8.33. The van der Waals surface area contributed by atoms with E-state index >= 15 is 0 Å². The van der Waals surface area contributed by atoms with Crippen LogP contribution in [-0.4, -0.2) is 15.9 Å². The van der Waals surface area contributed by atoms with Crippen LogP contribution < -0.4 is 10.6 Å². The van der Waals surface area contributed by atoms with Crippen LogP contribution in [0.15, 0.2) is 48.5 Å². The highest BCUT2D eigenvalue weighted by Crippen LogP contribution is 2.22. The van der Waals surface area contributed by atoms with Crippen molar-refractivity contribution >= 4 is 29.1 Å². The average Bonchev–Trinajstić information content (AvgIpc) is 2.63. The third-order valence-electron chi connectivity index (χ3n) is 3.92. The van der Waals surface area contributed by atoms with Crippen LogP contribution in [0.25, 0.3) is 0 Å². The Morgan fingerprint density at radius 1 is 1.11 bits per heavy atom. The number of nitrogens with zero attached hydrogens (tertiary/aromatic N) is 2. The molecule has 5 nitrogen and oxygen atoms in total. The topological polar surface area (TPSA) is 66.9 Å². The number of amides is 1. The van der Waals surface area contributed by atoms with E-state index in [1.165, 1.54) is 6.07 Å². The van der Waals surface area contributed by atoms with Crippen LogP contribution in [0.2, 0.25) is 5.02 Å². The number of aromatic nitrogens is 2. The summed E-state index contributed by atoms with van der Waals surface area (Å²) in [5, 5.41) is 6.41. The van der Waals surface area contributed by atoms with E-state index < -0.39 is 5.91 Å². The van der Waals surface area contributed by atoms with Gasteiger partial charge in [0.2, 0.25) is 5.95 Å². The normalized spacial score (nSPS) is 10.5. The van der Waals surface area contributed by atoms with Crippen molar-refractivity contribution in [3.8, 4) is 0 Å². The highest BCUT2D eigenvalue weighted by atomic mass is 35.5. The number of anilines is 2. The van der Waals surface area contributed by atoms with Crippen LogP contribution in [-0.2, 0) is 6.54 Å². The number of rotatable bonds is 5. The van der Waals surface area contributed by atoms with E-state index in [1.807, 2.05) is 19.1 Å². The molecule has 0 radical (unpaired) electrons. The lowest BCUT2D eigenvalue weighted by Gasteiger charge is -2.11. The van der Waals surface area contributed by atoms with Crippen molar-refractivity contribution in [1.29, 1.82) is 0 Å². The summed E-state index contributed by atoms with van der Waals surface area (Å²) >= 11 is 5.97. The molecule has 0 saturated carbocycles. The minimum atomic E-state index is -0.403. The number of hydrogen-bond donors (Lipinski definition) is 2. The zero-order valence-electron chi connectivity index (χ0n) is 14.9. The molecule has 0 aliphatic heterocycles. The second-order valence-corrected chi connectivity index (χ2v) is 6.51. The van der Waals surface area contributed by atoms with E-state index in [0.717, 1.165) is 11.3 Å². The van der Waals surface area contributed by atoms with E-state index in [0.29, 0.717) is 22.2 Å². The van der Waals surface area contributed by atoms with Crippen molar-refractivity contribution in [2.24, 2.45) is 0 Å². The Kier molecular flexibility index (Phi) is 5.66. The van der Waals surface area contributed by atoms with Gasteiger partial charge in [-0.2, -0.15) is 0 Å². The van der Waals surface area contributed by atoms with Crippen LogP contribution in [0.1, 0.15) is 27.3 Å². The van der Waals surface area contributed by atoms with Crippen LogP contribution in [0.3, 0.4) is 0 Å². The van der Waals surface area contributed by atoms with Gasteiger partial charge < -0.3 is 10.6 Å². The van der Waals surface area contributed by atoms with Gasteiger partial charge in [-0.05, 0) is 49.7 Å². The molecule has 0 fully saturated rings. The van der Waals surface area contributed by atoms with Gasteiger partial charge in [0.15, 0.2) is 0 Å². The van der Waals surface area contributed by atoms with Crippen molar-refractivity contribution in [3.63, 3.8) is 0 Å². The van der Waals surface area contributed by atoms with E-state index in [4.69, 9.17) is 11.6 Å². The highest BCUT2D eigenvalue weighted by molar-refractivity contribution is 6.30. The predicted octanol–water partition coefficient (Wildman–Crippen LogP) is 4.56. The van der Waals surface area contributed by atoms with E-state index in [1.54, 1.807) is 37.3 Å². The Labute approximate surface area is 161 Å². The van der Waals surface area contributed by atoms with Gasteiger partial charge in [0.05, 0.1) is 0 Å². The molecule has 2 N–H and O–H groups in total. The SMILES string of the molecule is Cc1cc(C(=O)NCc2ccccc2F)nc(Nc2ccc(Cl)cc2C)n1. The monoisotopic (exact) mass is 384 g/mol. The lowest BCUT2D eigenvalue weighted by atomic mass is 10.2. The van der Waals surface area contributed by atoms with Crippen molar-refractivity contribution in [1.82, 2.24) is 15.3 Å². The van der Waals surface area contributed by atoms with Gasteiger partial charge in [-0.3, -0.25) is 4.79 Å². The lowest BCUT2D eigenvalue weighted by Crippen LogP contribution is -2.25. The number of halogens is 2. The quantitative estimate of drug-likeness (QED) is 0.676. The Hall–Kier alpha value is -2.99. The molecule has 3 aromatic rings. The summed E-state index contributed by atoms with van der Waals surface area (Å²) in [5.74, 6) is -0.465. The highest BCUT2D eigenvalue weighted by Gasteiger charge is 2.12. The fraction of sp³-hybridized carbons (Fsp3) is 0.150. The molecule has 1 heterocycles. The molecule has 1 aromatic heterocycles. The fourth-order valence-corrected chi connectivity index (χ4v) is 2.76. The summed E-state index contributed by atoms with van der Waals surface area (Å²) in [6.45, 7) is 3.76. The van der Waals surface area contributed by atoms with Crippen LogP contribution in [0.5, 0.6) is 0 Å². The number of carbonyl (C=O) groups is 1. The molecule has 1 amide bonds.